The lowest BCUT2D eigenvalue weighted by Gasteiger charge is -2.27. The van der Waals surface area contributed by atoms with E-state index < -0.39 is 0 Å². The second-order valence-corrected chi connectivity index (χ2v) is 6.65. The Hall–Kier alpha value is -1.81. The summed E-state index contributed by atoms with van der Waals surface area (Å²) in [4.78, 5) is 14.9. The zero-order valence-electron chi connectivity index (χ0n) is 13.5. The van der Waals surface area contributed by atoms with Crippen molar-refractivity contribution in [3.8, 4) is 0 Å². The SMILES string of the molecule is CCN(C(=O)[C@H](CC(C)C)Nc1ccccc1)c1cccs1. The molecule has 0 bridgehead atoms. The predicted molar refractivity (Wildman–Crippen MR) is 95.7 cm³/mol. The molecule has 0 spiro atoms. The second kappa shape index (κ2) is 7.99. The van der Waals surface area contributed by atoms with Gasteiger partial charge in [0.1, 0.15) is 6.04 Å². The minimum Gasteiger partial charge on any atom is -0.374 e. The number of nitrogens with zero attached hydrogens (tertiary/aromatic N) is 1. The summed E-state index contributed by atoms with van der Waals surface area (Å²) in [6.45, 7) is 7.00. The normalized spacial score (nSPS) is 12.2. The van der Waals surface area contributed by atoms with Crippen molar-refractivity contribution in [2.45, 2.75) is 33.2 Å². The Morgan fingerprint density at radius 3 is 2.45 bits per heavy atom. The van der Waals surface area contributed by atoms with Crippen LogP contribution < -0.4 is 10.2 Å². The molecule has 0 aliphatic rings. The van der Waals surface area contributed by atoms with Gasteiger partial charge in [0.25, 0.3) is 0 Å². The van der Waals surface area contributed by atoms with Crippen molar-refractivity contribution in [3.63, 3.8) is 0 Å². The van der Waals surface area contributed by atoms with Crippen molar-refractivity contribution in [1.29, 1.82) is 0 Å². The maximum absolute atomic E-state index is 13.0. The number of thiophene rings is 1. The molecule has 0 radical (unpaired) electrons. The van der Waals surface area contributed by atoms with Crippen molar-refractivity contribution in [1.82, 2.24) is 0 Å². The van der Waals surface area contributed by atoms with E-state index in [-0.39, 0.29) is 11.9 Å². The van der Waals surface area contributed by atoms with E-state index in [2.05, 4.69) is 19.2 Å². The van der Waals surface area contributed by atoms with Gasteiger partial charge in [-0.3, -0.25) is 4.79 Å². The number of nitrogens with one attached hydrogen (secondary N) is 1. The van der Waals surface area contributed by atoms with Crippen LogP contribution in [-0.4, -0.2) is 18.5 Å². The average molecular weight is 316 g/mol. The number of benzene rings is 1. The Labute approximate surface area is 137 Å². The molecule has 22 heavy (non-hydrogen) atoms. The van der Waals surface area contributed by atoms with Crippen molar-refractivity contribution < 1.29 is 4.79 Å². The molecule has 1 N–H and O–H groups in total. The molecule has 0 unspecified atom stereocenters. The third-order valence-corrected chi connectivity index (χ3v) is 4.37. The summed E-state index contributed by atoms with van der Waals surface area (Å²) in [7, 11) is 0. The van der Waals surface area contributed by atoms with Crippen LogP contribution in [0.3, 0.4) is 0 Å². The van der Waals surface area contributed by atoms with E-state index in [1.165, 1.54) is 0 Å². The first kappa shape index (κ1) is 16.6. The molecule has 1 heterocycles. The first-order chi connectivity index (χ1) is 10.6. The minimum atomic E-state index is -0.204. The molecule has 0 fully saturated rings. The lowest BCUT2D eigenvalue weighted by atomic mass is 10.0. The van der Waals surface area contributed by atoms with Crippen molar-refractivity contribution in [2.75, 3.05) is 16.8 Å². The molecule has 0 saturated heterocycles. The first-order valence-corrected chi connectivity index (χ1v) is 8.66. The van der Waals surface area contributed by atoms with Gasteiger partial charge in [-0.1, -0.05) is 32.0 Å². The number of amides is 1. The third kappa shape index (κ3) is 4.34. The Morgan fingerprint density at radius 1 is 1.18 bits per heavy atom. The van der Waals surface area contributed by atoms with Crippen LogP contribution in [0.2, 0.25) is 0 Å². The number of hydrogen-bond acceptors (Lipinski definition) is 3. The minimum absolute atomic E-state index is 0.141. The van der Waals surface area contributed by atoms with Crippen molar-refractivity contribution >= 4 is 27.9 Å². The van der Waals surface area contributed by atoms with E-state index in [9.17, 15) is 4.79 Å². The zero-order valence-corrected chi connectivity index (χ0v) is 14.3. The monoisotopic (exact) mass is 316 g/mol. The Balaban J connectivity index is 2.18. The van der Waals surface area contributed by atoms with E-state index in [1.807, 2.05) is 59.7 Å². The van der Waals surface area contributed by atoms with Gasteiger partial charge < -0.3 is 10.2 Å². The third-order valence-electron chi connectivity index (χ3n) is 3.47. The summed E-state index contributed by atoms with van der Waals surface area (Å²) in [5.41, 5.74) is 0.990. The molecule has 1 atom stereocenters. The highest BCUT2D eigenvalue weighted by Crippen LogP contribution is 2.24. The highest BCUT2D eigenvalue weighted by Gasteiger charge is 2.25. The molecule has 1 aromatic carbocycles. The highest BCUT2D eigenvalue weighted by atomic mass is 32.1. The number of anilines is 2. The average Bonchev–Trinajstić information content (AvgIpc) is 3.02. The van der Waals surface area contributed by atoms with Crippen LogP contribution in [0.1, 0.15) is 27.2 Å². The van der Waals surface area contributed by atoms with Crippen LogP contribution in [0.4, 0.5) is 10.7 Å². The van der Waals surface area contributed by atoms with E-state index in [4.69, 9.17) is 0 Å². The fourth-order valence-electron chi connectivity index (χ4n) is 2.46. The van der Waals surface area contributed by atoms with Gasteiger partial charge in [0.2, 0.25) is 5.91 Å². The van der Waals surface area contributed by atoms with Gasteiger partial charge in [-0.25, -0.2) is 0 Å². The fraction of sp³-hybridized carbons (Fsp3) is 0.389. The van der Waals surface area contributed by atoms with E-state index >= 15 is 0 Å². The summed E-state index contributed by atoms with van der Waals surface area (Å²) in [6, 6.07) is 13.7. The molecule has 0 aliphatic heterocycles. The topological polar surface area (TPSA) is 32.3 Å². The van der Waals surface area contributed by atoms with Gasteiger partial charge >= 0.3 is 0 Å². The quantitative estimate of drug-likeness (QED) is 0.808. The summed E-state index contributed by atoms with van der Waals surface area (Å²) >= 11 is 1.60. The molecule has 118 valence electrons. The van der Waals surface area contributed by atoms with Gasteiger partial charge in [0.05, 0.1) is 5.00 Å². The van der Waals surface area contributed by atoms with E-state index in [0.29, 0.717) is 12.5 Å². The van der Waals surface area contributed by atoms with E-state index in [0.717, 1.165) is 17.1 Å². The molecular formula is C18H24N2OS. The van der Waals surface area contributed by atoms with Crippen LogP contribution in [0.15, 0.2) is 47.8 Å². The number of likely N-dealkylation sites (N-methyl/N-ethyl adjacent to an activating group) is 1. The van der Waals surface area contributed by atoms with Crippen molar-refractivity contribution in [2.24, 2.45) is 5.92 Å². The van der Waals surface area contributed by atoms with Crippen LogP contribution in [0.5, 0.6) is 0 Å². The molecule has 3 nitrogen and oxygen atoms in total. The molecule has 0 aliphatic carbocycles. The molecular weight excluding hydrogens is 292 g/mol. The number of carbonyl (C=O) groups is 1. The Kier molecular flexibility index (Phi) is 6.01. The van der Waals surface area contributed by atoms with Gasteiger partial charge in [0, 0.05) is 12.2 Å². The Bertz CT molecular complexity index is 566. The number of carbonyl (C=O) groups excluding carboxylic acids is 1. The molecule has 1 aromatic heterocycles. The predicted octanol–water partition coefficient (Wildman–Crippen LogP) is 4.63. The maximum atomic E-state index is 13.0. The van der Waals surface area contributed by atoms with Crippen LogP contribution in [-0.2, 0) is 4.79 Å². The fourth-order valence-corrected chi connectivity index (χ4v) is 3.26. The second-order valence-electron chi connectivity index (χ2n) is 5.73. The summed E-state index contributed by atoms with van der Waals surface area (Å²) < 4.78 is 0. The van der Waals surface area contributed by atoms with Gasteiger partial charge in [-0.2, -0.15) is 0 Å². The first-order valence-electron chi connectivity index (χ1n) is 7.78. The van der Waals surface area contributed by atoms with Crippen LogP contribution >= 0.6 is 11.3 Å². The van der Waals surface area contributed by atoms with Crippen LogP contribution in [0.25, 0.3) is 0 Å². The largest absolute Gasteiger partial charge is 0.374 e. The molecule has 1 amide bonds. The maximum Gasteiger partial charge on any atom is 0.250 e. The lowest BCUT2D eigenvalue weighted by Crippen LogP contribution is -2.43. The molecule has 4 heteroatoms. The van der Waals surface area contributed by atoms with Gasteiger partial charge in [0.15, 0.2) is 0 Å². The molecule has 2 rings (SSSR count). The summed E-state index contributed by atoms with van der Waals surface area (Å²) in [5.74, 6) is 0.592. The zero-order chi connectivity index (χ0) is 15.9. The summed E-state index contributed by atoms with van der Waals surface area (Å²) in [6.07, 6.45) is 0.815. The van der Waals surface area contributed by atoms with Crippen molar-refractivity contribution in [3.05, 3.63) is 47.8 Å². The Morgan fingerprint density at radius 2 is 1.91 bits per heavy atom. The molecule has 2 aromatic rings. The van der Waals surface area contributed by atoms with Gasteiger partial charge in [-0.05, 0) is 48.9 Å². The van der Waals surface area contributed by atoms with E-state index in [1.54, 1.807) is 11.3 Å². The number of hydrogen-bond donors (Lipinski definition) is 1. The number of para-hydroxylation sites is 1. The number of rotatable bonds is 7. The highest BCUT2D eigenvalue weighted by molar-refractivity contribution is 7.14. The smallest absolute Gasteiger partial charge is 0.250 e. The molecule has 0 saturated carbocycles. The lowest BCUT2D eigenvalue weighted by molar-refractivity contribution is -0.119. The van der Waals surface area contributed by atoms with Gasteiger partial charge in [-0.15, -0.1) is 11.3 Å². The van der Waals surface area contributed by atoms with Crippen LogP contribution in [0, 0.1) is 5.92 Å². The standard InChI is InChI=1S/C18H24N2OS/c1-4-20(17-11-8-12-22-17)18(21)16(13-14(2)3)19-15-9-6-5-7-10-15/h5-12,14,16,19H,4,13H2,1-3H3/t16-/m0/s1. The summed E-state index contributed by atoms with van der Waals surface area (Å²) in [5, 5.41) is 6.42.